The van der Waals surface area contributed by atoms with Gasteiger partial charge < -0.3 is 19.9 Å². The minimum atomic E-state index is -0.975. The van der Waals surface area contributed by atoms with Crippen molar-refractivity contribution in [3.05, 3.63) is 68.4 Å². The first-order valence-corrected chi connectivity index (χ1v) is 12.7. The molecule has 1 aliphatic heterocycles. The Hall–Kier alpha value is -3.88. The summed E-state index contributed by atoms with van der Waals surface area (Å²) in [5, 5.41) is 21.2. The highest BCUT2D eigenvalue weighted by atomic mass is 32.1. The van der Waals surface area contributed by atoms with Gasteiger partial charge in [-0.05, 0) is 31.5 Å². The lowest BCUT2D eigenvalue weighted by Gasteiger charge is -2.23. The van der Waals surface area contributed by atoms with Crippen LogP contribution in [0.1, 0.15) is 29.7 Å². The molecule has 200 valence electrons. The monoisotopic (exact) mass is 544 g/mol. The van der Waals surface area contributed by atoms with Crippen LogP contribution in [0.25, 0.3) is 15.2 Å². The molecule has 0 saturated carbocycles. The van der Waals surface area contributed by atoms with E-state index in [9.17, 15) is 23.9 Å². The van der Waals surface area contributed by atoms with Gasteiger partial charge in [-0.2, -0.15) is 10.2 Å². The van der Waals surface area contributed by atoms with Crippen molar-refractivity contribution < 1.29 is 23.8 Å². The molecule has 0 bridgehead atoms. The fourth-order valence-electron chi connectivity index (χ4n) is 4.69. The lowest BCUT2D eigenvalue weighted by molar-refractivity contribution is -0.122. The summed E-state index contributed by atoms with van der Waals surface area (Å²) in [5.41, 5.74) is -0.437. The van der Waals surface area contributed by atoms with E-state index in [1.807, 2.05) is 0 Å². The summed E-state index contributed by atoms with van der Waals surface area (Å²) < 4.78 is 27.9. The molecule has 4 heterocycles. The van der Waals surface area contributed by atoms with E-state index in [0.29, 0.717) is 33.3 Å². The number of ether oxygens (including phenoxy) is 2. The third kappa shape index (κ3) is 4.40. The molecule has 38 heavy (non-hydrogen) atoms. The number of aromatic nitrogens is 5. The van der Waals surface area contributed by atoms with Gasteiger partial charge >= 0.3 is 5.69 Å². The maximum atomic E-state index is 14.3. The van der Waals surface area contributed by atoms with Crippen molar-refractivity contribution in [2.75, 3.05) is 26.9 Å². The number of aliphatic hydroxyl groups is 1. The van der Waals surface area contributed by atoms with Crippen LogP contribution in [0, 0.1) is 12.7 Å². The molecule has 1 amide bonds. The molecule has 2 N–H and O–H groups in total. The molecule has 0 spiro atoms. The molecule has 14 heteroatoms. The Morgan fingerprint density at radius 2 is 2.03 bits per heavy atom. The van der Waals surface area contributed by atoms with Gasteiger partial charge in [0.2, 0.25) is 5.91 Å². The van der Waals surface area contributed by atoms with Crippen molar-refractivity contribution in [2.45, 2.75) is 32.0 Å². The van der Waals surface area contributed by atoms with E-state index in [0.717, 1.165) is 15.9 Å². The van der Waals surface area contributed by atoms with Crippen LogP contribution in [0.15, 0.2) is 40.2 Å². The topological polar surface area (TPSA) is 142 Å². The Labute approximate surface area is 218 Å². The summed E-state index contributed by atoms with van der Waals surface area (Å²) in [6.07, 6.45) is 2.32. The van der Waals surface area contributed by atoms with Gasteiger partial charge in [0.15, 0.2) is 0 Å². The predicted molar refractivity (Wildman–Crippen MR) is 135 cm³/mol. The first kappa shape index (κ1) is 25.8. The second-order valence-corrected chi connectivity index (χ2v) is 9.64. The van der Waals surface area contributed by atoms with Crippen molar-refractivity contribution in [3.63, 3.8) is 0 Å². The molecule has 1 aromatic carbocycles. The number of benzene rings is 1. The van der Waals surface area contributed by atoms with Crippen LogP contribution >= 0.6 is 11.3 Å². The normalized spacial score (nSPS) is 16.2. The molecule has 5 rings (SSSR count). The highest BCUT2D eigenvalue weighted by Gasteiger charge is 2.32. The summed E-state index contributed by atoms with van der Waals surface area (Å²) in [6, 6.07) is 2.94. The number of carbonyl (C=O) groups is 1. The molecule has 3 aromatic heterocycles. The maximum Gasteiger partial charge on any atom is 0.332 e. The molecule has 1 fully saturated rings. The SMILES string of the molecule is COc1ccc(F)cc1C(Cn1c(=O)n(C2CCNC2=O)c(=O)c2c(C)c(-n3nccn3)sc21)OCCO. The number of aliphatic hydroxyl groups excluding tert-OH is 1. The lowest BCUT2D eigenvalue weighted by atomic mass is 10.1. The zero-order valence-corrected chi connectivity index (χ0v) is 21.4. The van der Waals surface area contributed by atoms with Crippen molar-refractivity contribution in [3.8, 4) is 10.8 Å². The Balaban J connectivity index is 1.76. The standard InChI is InChI=1S/C24H25FN6O6S/c1-13-19-21(34)30(16-5-6-26-20(16)33)24(35)29(23(19)38-22(13)31-27-7-8-28-31)12-18(37-10-9-32)15-11-14(25)3-4-17(15)36-2/h3-4,7-8,11,16,18,32H,5-6,9-10,12H2,1-2H3,(H,26,33). The summed E-state index contributed by atoms with van der Waals surface area (Å²) >= 11 is 1.14. The van der Waals surface area contributed by atoms with Gasteiger partial charge in [0.25, 0.3) is 5.56 Å². The van der Waals surface area contributed by atoms with Gasteiger partial charge in [-0.25, -0.2) is 13.8 Å². The van der Waals surface area contributed by atoms with Gasteiger partial charge in [-0.1, -0.05) is 11.3 Å². The van der Waals surface area contributed by atoms with Crippen molar-refractivity contribution >= 4 is 27.5 Å². The number of methoxy groups -OCH3 is 1. The molecule has 2 unspecified atom stereocenters. The number of carbonyl (C=O) groups excluding carboxylic acids is 1. The number of halogens is 1. The number of hydrogen-bond donors (Lipinski definition) is 2. The fourth-order valence-corrected chi connectivity index (χ4v) is 5.91. The average Bonchev–Trinajstić information content (AvgIpc) is 3.65. The van der Waals surface area contributed by atoms with Crippen molar-refractivity contribution in [2.24, 2.45) is 0 Å². The van der Waals surface area contributed by atoms with Crippen LogP contribution in [-0.2, 0) is 16.1 Å². The molecule has 0 radical (unpaired) electrons. The van der Waals surface area contributed by atoms with Crippen LogP contribution in [0.5, 0.6) is 5.75 Å². The highest BCUT2D eigenvalue weighted by molar-refractivity contribution is 7.21. The molecular weight excluding hydrogens is 519 g/mol. The van der Waals surface area contributed by atoms with E-state index in [1.165, 1.54) is 47.1 Å². The van der Waals surface area contributed by atoms with Gasteiger partial charge in [0.05, 0.1) is 44.6 Å². The maximum absolute atomic E-state index is 14.3. The lowest BCUT2D eigenvalue weighted by Crippen LogP contribution is -2.44. The Kier molecular flexibility index (Phi) is 7.10. The van der Waals surface area contributed by atoms with E-state index in [1.54, 1.807) is 6.92 Å². The third-order valence-corrected chi connectivity index (χ3v) is 7.73. The van der Waals surface area contributed by atoms with E-state index in [-0.39, 0.29) is 31.6 Å². The minimum absolute atomic E-state index is 0.0984. The van der Waals surface area contributed by atoms with Gasteiger partial charge in [-0.3, -0.25) is 14.2 Å². The van der Waals surface area contributed by atoms with Crippen LogP contribution in [0.3, 0.4) is 0 Å². The first-order valence-electron chi connectivity index (χ1n) is 11.8. The third-order valence-electron chi connectivity index (χ3n) is 6.45. The Morgan fingerprint density at radius 3 is 2.68 bits per heavy atom. The molecule has 1 aliphatic rings. The zero-order valence-electron chi connectivity index (χ0n) is 20.6. The van der Waals surface area contributed by atoms with Crippen LogP contribution in [0.2, 0.25) is 0 Å². The van der Waals surface area contributed by atoms with Crippen molar-refractivity contribution in [1.29, 1.82) is 0 Å². The first-order chi connectivity index (χ1) is 18.3. The molecule has 0 aliphatic carbocycles. The summed E-state index contributed by atoms with van der Waals surface area (Å²) in [7, 11) is 1.43. The van der Waals surface area contributed by atoms with Gasteiger partial charge in [0, 0.05) is 17.7 Å². The molecule has 1 saturated heterocycles. The largest absolute Gasteiger partial charge is 0.496 e. The number of thiophene rings is 1. The van der Waals surface area contributed by atoms with Crippen LogP contribution in [-0.4, -0.2) is 62.0 Å². The van der Waals surface area contributed by atoms with Crippen LogP contribution in [0.4, 0.5) is 4.39 Å². The number of rotatable bonds is 9. The van der Waals surface area contributed by atoms with E-state index < -0.39 is 35.1 Å². The molecule has 12 nitrogen and oxygen atoms in total. The number of fused-ring (bicyclic) bond motifs is 1. The van der Waals surface area contributed by atoms with Gasteiger partial charge in [0.1, 0.15) is 33.5 Å². The highest BCUT2D eigenvalue weighted by Crippen LogP contribution is 2.34. The Bertz CT molecular complexity index is 1610. The minimum Gasteiger partial charge on any atom is -0.496 e. The predicted octanol–water partition coefficient (Wildman–Crippen LogP) is 1.07. The number of nitrogens with one attached hydrogen (secondary N) is 1. The Morgan fingerprint density at radius 1 is 1.26 bits per heavy atom. The smallest absolute Gasteiger partial charge is 0.332 e. The second-order valence-electron chi connectivity index (χ2n) is 8.66. The van der Waals surface area contributed by atoms with E-state index >= 15 is 0 Å². The summed E-state index contributed by atoms with van der Waals surface area (Å²) in [4.78, 5) is 41.9. The average molecular weight is 545 g/mol. The molecular formula is C24H25FN6O6S. The van der Waals surface area contributed by atoms with Gasteiger partial charge in [-0.15, -0.1) is 4.80 Å². The summed E-state index contributed by atoms with van der Waals surface area (Å²) in [5.74, 6) is -0.634. The number of hydrogen-bond acceptors (Lipinski definition) is 9. The molecule has 2 atom stereocenters. The fraction of sp³-hybridized carbons (Fsp3) is 0.375. The quantitative estimate of drug-likeness (QED) is 0.319. The van der Waals surface area contributed by atoms with Crippen LogP contribution < -0.4 is 21.3 Å². The molecule has 4 aromatic rings. The van der Waals surface area contributed by atoms with E-state index in [4.69, 9.17) is 9.47 Å². The summed E-state index contributed by atoms with van der Waals surface area (Å²) in [6.45, 7) is 1.49. The van der Waals surface area contributed by atoms with E-state index in [2.05, 4.69) is 15.5 Å². The van der Waals surface area contributed by atoms with Crippen molar-refractivity contribution in [1.82, 2.24) is 29.4 Å². The zero-order chi connectivity index (χ0) is 27.0. The number of nitrogens with zero attached hydrogens (tertiary/aromatic N) is 5. The number of amides is 1. The number of aryl methyl sites for hydroxylation is 1. The second kappa shape index (κ2) is 10.5.